The Balaban J connectivity index is 1.60. The molecule has 0 radical (unpaired) electrons. The minimum atomic E-state index is -0.211. The van der Waals surface area contributed by atoms with E-state index in [9.17, 15) is 4.79 Å². The Morgan fingerprint density at radius 2 is 1.22 bits per heavy atom. The normalized spacial score (nSPS) is 17.5. The van der Waals surface area contributed by atoms with Crippen molar-refractivity contribution < 1.29 is 4.79 Å². The van der Waals surface area contributed by atoms with E-state index < -0.39 is 0 Å². The number of amides is 1. The number of carbonyl (C=O) groups excluding carboxylic acids is 1. The quantitative estimate of drug-likeness (QED) is 0.854. The van der Waals surface area contributed by atoms with Gasteiger partial charge in [-0.1, -0.05) is 60.7 Å². The van der Waals surface area contributed by atoms with Crippen molar-refractivity contribution in [2.75, 3.05) is 0 Å². The topological polar surface area (TPSA) is 29.1 Å². The summed E-state index contributed by atoms with van der Waals surface area (Å²) in [6.07, 6.45) is 5.12. The van der Waals surface area contributed by atoms with E-state index in [1.54, 1.807) is 0 Å². The van der Waals surface area contributed by atoms with Gasteiger partial charge < -0.3 is 5.32 Å². The predicted octanol–water partition coefficient (Wildman–Crippen LogP) is 4.12. The minimum absolute atomic E-state index is 0.159. The fourth-order valence-electron chi connectivity index (χ4n) is 3.57. The van der Waals surface area contributed by atoms with Crippen molar-refractivity contribution in [3.63, 3.8) is 0 Å². The van der Waals surface area contributed by atoms with Crippen molar-refractivity contribution in [2.24, 2.45) is 11.8 Å². The summed E-state index contributed by atoms with van der Waals surface area (Å²) in [5, 5.41) is 3.40. The molecule has 0 unspecified atom stereocenters. The molecule has 2 aliphatic rings. The highest BCUT2D eigenvalue weighted by Crippen LogP contribution is 2.44. The van der Waals surface area contributed by atoms with Crippen molar-refractivity contribution in [1.29, 1.82) is 0 Å². The highest BCUT2D eigenvalue weighted by molar-refractivity contribution is 5.87. The molecule has 0 bridgehead atoms. The van der Waals surface area contributed by atoms with Gasteiger partial charge in [0, 0.05) is 6.04 Å². The Hall–Kier alpha value is -2.09. The molecule has 0 aliphatic heterocycles. The first-order valence-electron chi connectivity index (χ1n) is 8.73. The molecule has 2 fully saturated rings. The summed E-state index contributed by atoms with van der Waals surface area (Å²) in [7, 11) is 0. The highest BCUT2D eigenvalue weighted by Gasteiger charge is 2.43. The molecule has 2 heteroatoms. The number of rotatable bonds is 6. The van der Waals surface area contributed by atoms with Crippen LogP contribution < -0.4 is 5.32 Å². The van der Waals surface area contributed by atoms with E-state index >= 15 is 0 Å². The second-order valence-corrected chi connectivity index (χ2v) is 6.96. The molecule has 0 atom stereocenters. The number of nitrogens with one attached hydrogen (secondary N) is 1. The van der Waals surface area contributed by atoms with Gasteiger partial charge in [0.2, 0.25) is 5.91 Å². The predicted molar refractivity (Wildman–Crippen MR) is 92.1 cm³/mol. The molecular formula is C21H23NO. The molecule has 2 aromatic rings. The summed E-state index contributed by atoms with van der Waals surface area (Å²) < 4.78 is 0. The number of hydrogen-bond donors (Lipinski definition) is 1. The van der Waals surface area contributed by atoms with Gasteiger partial charge in [-0.3, -0.25) is 4.79 Å². The van der Waals surface area contributed by atoms with Gasteiger partial charge in [-0.15, -0.1) is 0 Å². The van der Waals surface area contributed by atoms with Crippen LogP contribution in [0.2, 0.25) is 0 Å². The lowest BCUT2D eigenvalue weighted by molar-refractivity contribution is -0.122. The van der Waals surface area contributed by atoms with Crippen molar-refractivity contribution in [3.05, 3.63) is 71.8 Å². The summed E-state index contributed by atoms with van der Waals surface area (Å²) in [6.45, 7) is 0. The van der Waals surface area contributed by atoms with E-state index in [4.69, 9.17) is 0 Å². The maximum Gasteiger partial charge on any atom is 0.232 e. The summed E-state index contributed by atoms with van der Waals surface area (Å²) >= 11 is 0. The van der Waals surface area contributed by atoms with E-state index in [0.29, 0.717) is 6.04 Å². The lowest BCUT2D eigenvalue weighted by Crippen LogP contribution is -2.41. The van der Waals surface area contributed by atoms with E-state index in [2.05, 4.69) is 29.6 Å². The molecule has 2 saturated carbocycles. The third kappa shape index (κ3) is 3.31. The van der Waals surface area contributed by atoms with E-state index in [-0.39, 0.29) is 11.8 Å². The average molecular weight is 305 g/mol. The van der Waals surface area contributed by atoms with E-state index in [0.717, 1.165) is 23.0 Å². The molecule has 2 aliphatic carbocycles. The lowest BCUT2D eigenvalue weighted by Gasteiger charge is -2.23. The molecule has 0 aromatic heterocycles. The largest absolute Gasteiger partial charge is 0.352 e. The molecular weight excluding hydrogens is 282 g/mol. The Labute approximate surface area is 137 Å². The molecule has 4 rings (SSSR count). The van der Waals surface area contributed by atoms with Gasteiger partial charge in [0.15, 0.2) is 0 Å². The van der Waals surface area contributed by atoms with Crippen LogP contribution in [0.1, 0.15) is 42.7 Å². The van der Waals surface area contributed by atoms with E-state index in [1.165, 1.54) is 25.7 Å². The smallest absolute Gasteiger partial charge is 0.232 e. The molecule has 0 spiro atoms. The third-order valence-corrected chi connectivity index (χ3v) is 5.10. The van der Waals surface area contributed by atoms with Crippen LogP contribution in [0, 0.1) is 11.8 Å². The SMILES string of the molecule is O=C(NC(C1CC1)C1CC1)C(c1ccccc1)c1ccccc1. The first-order chi connectivity index (χ1) is 11.3. The molecule has 2 aromatic carbocycles. The second-order valence-electron chi connectivity index (χ2n) is 6.96. The van der Waals surface area contributed by atoms with Gasteiger partial charge in [0.1, 0.15) is 0 Å². The molecule has 23 heavy (non-hydrogen) atoms. The van der Waals surface area contributed by atoms with Gasteiger partial charge in [-0.2, -0.15) is 0 Å². The highest BCUT2D eigenvalue weighted by atomic mass is 16.2. The van der Waals surface area contributed by atoms with Gasteiger partial charge in [-0.05, 0) is 48.6 Å². The molecule has 2 nitrogen and oxygen atoms in total. The van der Waals surface area contributed by atoms with Crippen LogP contribution in [0.25, 0.3) is 0 Å². The van der Waals surface area contributed by atoms with Crippen LogP contribution >= 0.6 is 0 Å². The summed E-state index contributed by atoms with van der Waals surface area (Å²) in [4.78, 5) is 13.1. The first kappa shape index (κ1) is 14.5. The van der Waals surface area contributed by atoms with Crippen molar-refractivity contribution in [3.8, 4) is 0 Å². The van der Waals surface area contributed by atoms with Crippen molar-refractivity contribution in [2.45, 2.75) is 37.6 Å². The zero-order chi connectivity index (χ0) is 15.6. The van der Waals surface area contributed by atoms with Gasteiger partial charge in [0.05, 0.1) is 5.92 Å². The third-order valence-electron chi connectivity index (χ3n) is 5.10. The summed E-state index contributed by atoms with van der Waals surface area (Å²) in [5.41, 5.74) is 2.14. The van der Waals surface area contributed by atoms with Crippen LogP contribution in [0.4, 0.5) is 0 Å². The fraction of sp³-hybridized carbons (Fsp3) is 0.381. The van der Waals surface area contributed by atoms with Gasteiger partial charge >= 0.3 is 0 Å². The number of carbonyl (C=O) groups is 1. The van der Waals surface area contributed by atoms with Gasteiger partial charge in [0.25, 0.3) is 0 Å². The molecule has 0 heterocycles. The van der Waals surface area contributed by atoms with Crippen LogP contribution in [0.5, 0.6) is 0 Å². The number of hydrogen-bond acceptors (Lipinski definition) is 1. The van der Waals surface area contributed by atoms with Crippen molar-refractivity contribution in [1.82, 2.24) is 5.32 Å². The standard InChI is InChI=1S/C21H23NO/c23-21(22-20(17-11-12-17)18-13-14-18)19(15-7-3-1-4-8-15)16-9-5-2-6-10-16/h1-10,17-20H,11-14H2,(H,22,23). The van der Waals surface area contributed by atoms with Crippen LogP contribution in [-0.4, -0.2) is 11.9 Å². The molecule has 1 N–H and O–H groups in total. The Bertz CT molecular complexity index is 607. The Morgan fingerprint density at radius 3 is 1.61 bits per heavy atom. The lowest BCUT2D eigenvalue weighted by atomic mass is 9.90. The number of benzene rings is 2. The Morgan fingerprint density at radius 1 is 0.783 bits per heavy atom. The molecule has 118 valence electrons. The second kappa shape index (κ2) is 6.19. The van der Waals surface area contributed by atoms with Crippen molar-refractivity contribution >= 4 is 5.91 Å². The zero-order valence-corrected chi connectivity index (χ0v) is 13.3. The van der Waals surface area contributed by atoms with E-state index in [1.807, 2.05) is 36.4 Å². The average Bonchev–Trinajstić information content (AvgIpc) is 3.49. The summed E-state index contributed by atoms with van der Waals surface area (Å²) in [5.74, 6) is 1.39. The maximum atomic E-state index is 13.1. The van der Waals surface area contributed by atoms with Crippen LogP contribution in [-0.2, 0) is 4.79 Å². The zero-order valence-electron chi connectivity index (χ0n) is 13.3. The Kier molecular flexibility index (Phi) is 3.90. The summed E-state index contributed by atoms with van der Waals surface area (Å²) in [6, 6.07) is 20.7. The maximum absolute atomic E-state index is 13.1. The molecule has 1 amide bonds. The first-order valence-corrected chi connectivity index (χ1v) is 8.73. The molecule has 0 saturated heterocycles. The van der Waals surface area contributed by atoms with Gasteiger partial charge in [-0.25, -0.2) is 0 Å². The monoisotopic (exact) mass is 305 g/mol. The van der Waals surface area contributed by atoms with Crippen LogP contribution in [0.15, 0.2) is 60.7 Å². The van der Waals surface area contributed by atoms with Crippen LogP contribution in [0.3, 0.4) is 0 Å². The minimum Gasteiger partial charge on any atom is -0.352 e. The fourth-order valence-corrected chi connectivity index (χ4v) is 3.57.